The normalized spacial score (nSPS) is 17.9. The Morgan fingerprint density at radius 2 is 1.79 bits per heavy atom. The molecule has 2 unspecified atom stereocenters. The predicted molar refractivity (Wildman–Crippen MR) is 106 cm³/mol. The van der Waals surface area contributed by atoms with Crippen molar-refractivity contribution in [3.8, 4) is 28.7 Å². The van der Waals surface area contributed by atoms with Crippen LogP contribution >= 0.6 is 0 Å². The minimum absolute atomic E-state index is 0.0718. The van der Waals surface area contributed by atoms with E-state index >= 15 is 0 Å². The van der Waals surface area contributed by atoms with Gasteiger partial charge in [-0.05, 0) is 38.0 Å². The molecule has 0 fully saturated rings. The van der Waals surface area contributed by atoms with Gasteiger partial charge in [0.25, 0.3) is 0 Å². The number of hydrogen-bond acceptors (Lipinski definition) is 7. The number of ketones is 1. The van der Waals surface area contributed by atoms with E-state index in [1.165, 1.54) is 32.4 Å². The largest absolute Gasteiger partial charge is 0.507 e. The lowest BCUT2D eigenvalue weighted by Crippen LogP contribution is -2.36. The van der Waals surface area contributed by atoms with Crippen molar-refractivity contribution in [2.24, 2.45) is 0 Å². The molecule has 0 aromatic heterocycles. The van der Waals surface area contributed by atoms with Crippen molar-refractivity contribution >= 4 is 5.78 Å². The highest BCUT2D eigenvalue weighted by atomic mass is 16.5. The minimum atomic E-state index is -1.53. The first-order valence-corrected chi connectivity index (χ1v) is 9.10. The van der Waals surface area contributed by atoms with Gasteiger partial charge in [-0.3, -0.25) is 4.79 Å². The number of hydrogen-bond donors (Lipinski definition) is 3. The van der Waals surface area contributed by atoms with Gasteiger partial charge in [0.05, 0.1) is 14.2 Å². The molecule has 7 nitrogen and oxygen atoms in total. The third-order valence-electron chi connectivity index (χ3n) is 4.84. The van der Waals surface area contributed by atoms with Gasteiger partial charge in [0.2, 0.25) is 5.78 Å². The lowest BCUT2D eigenvalue weighted by Gasteiger charge is -2.32. The van der Waals surface area contributed by atoms with Crippen LogP contribution in [0.4, 0.5) is 0 Å². The van der Waals surface area contributed by atoms with E-state index in [1.54, 1.807) is 6.07 Å². The Morgan fingerprint density at radius 3 is 2.41 bits per heavy atom. The molecule has 0 radical (unpaired) electrons. The van der Waals surface area contributed by atoms with Crippen molar-refractivity contribution in [3.05, 3.63) is 52.6 Å². The maximum atomic E-state index is 12.9. The number of rotatable bonds is 5. The molecule has 0 aliphatic carbocycles. The first-order valence-electron chi connectivity index (χ1n) is 9.10. The topological polar surface area (TPSA) is 105 Å². The summed E-state index contributed by atoms with van der Waals surface area (Å²) < 4.78 is 16.5. The SMILES string of the molecule is COc1cc(C2Oc3c(CC=C(C)C)c(OC)cc(O)c3C(=O)C2O)ccc1O. The Hall–Kier alpha value is -3.19. The molecule has 1 heterocycles. The number of methoxy groups -OCH3 is 2. The maximum Gasteiger partial charge on any atom is 0.202 e. The summed E-state index contributed by atoms with van der Waals surface area (Å²) in [5.41, 5.74) is 2.03. The highest BCUT2D eigenvalue weighted by Gasteiger charge is 2.41. The van der Waals surface area contributed by atoms with Crippen LogP contribution in [0.25, 0.3) is 0 Å². The Bertz CT molecular complexity index is 974. The quantitative estimate of drug-likeness (QED) is 0.661. The summed E-state index contributed by atoms with van der Waals surface area (Å²) in [4.78, 5) is 12.9. The van der Waals surface area contributed by atoms with E-state index in [0.29, 0.717) is 23.3 Å². The van der Waals surface area contributed by atoms with E-state index in [2.05, 4.69) is 0 Å². The number of carbonyl (C=O) groups is 1. The average molecular weight is 400 g/mol. The average Bonchev–Trinajstić information content (AvgIpc) is 2.69. The summed E-state index contributed by atoms with van der Waals surface area (Å²) in [5.74, 6) is -0.297. The van der Waals surface area contributed by atoms with E-state index in [9.17, 15) is 20.1 Å². The zero-order valence-electron chi connectivity index (χ0n) is 16.7. The molecule has 29 heavy (non-hydrogen) atoms. The smallest absolute Gasteiger partial charge is 0.202 e. The lowest BCUT2D eigenvalue weighted by atomic mass is 9.90. The molecule has 3 N–H and O–H groups in total. The summed E-state index contributed by atoms with van der Waals surface area (Å²) in [6.45, 7) is 3.89. The molecule has 2 aromatic carbocycles. The highest BCUT2D eigenvalue weighted by molar-refractivity contribution is 6.06. The van der Waals surface area contributed by atoms with Gasteiger partial charge in [-0.25, -0.2) is 0 Å². The van der Waals surface area contributed by atoms with Crippen LogP contribution in [0.3, 0.4) is 0 Å². The molecule has 2 aromatic rings. The molecular weight excluding hydrogens is 376 g/mol. The zero-order valence-corrected chi connectivity index (χ0v) is 16.7. The van der Waals surface area contributed by atoms with Crippen molar-refractivity contribution in [3.63, 3.8) is 0 Å². The van der Waals surface area contributed by atoms with E-state index in [1.807, 2.05) is 19.9 Å². The van der Waals surface area contributed by atoms with Gasteiger partial charge >= 0.3 is 0 Å². The second-order valence-corrected chi connectivity index (χ2v) is 7.05. The summed E-state index contributed by atoms with van der Waals surface area (Å²) in [7, 11) is 2.87. The van der Waals surface area contributed by atoms with Gasteiger partial charge in [-0.1, -0.05) is 17.7 Å². The fourth-order valence-electron chi connectivity index (χ4n) is 3.31. The van der Waals surface area contributed by atoms with Gasteiger partial charge < -0.3 is 29.5 Å². The summed E-state index contributed by atoms with van der Waals surface area (Å²) in [5, 5.41) is 30.8. The van der Waals surface area contributed by atoms with E-state index in [4.69, 9.17) is 14.2 Å². The second kappa shape index (κ2) is 8.05. The number of aliphatic hydroxyl groups excluding tert-OH is 1. The summed E-state index contributed by atoms with van der Waals surface area (Å²) >= 11 is 0. The van der Waals surface area contributed by atoms with Crippen LogP contribution < -0.4 is 14.2 Å². The molecule has 2 atom stereocenters. The molecule has 0 saturated carbocycles. The van der Waals surface area contributed by atoms with Crippen molar-refractivity contribution < 1.29 is 34.3 Å². The maximum absolute atomic E-state index is 12.9. The molecule has 0 amide bonds. The summed E-state index contributed by atoms with van der Waals surface area (Å²) in [6.07, 6.45) is -0.204. The van der Waals surface area contributed by atoms with E-state index in [0.717, 1.165) is 5.57 Å². The molecule has 1 aliphatic heterocycles. The number of aliphatic hydroxyl groups is 1. The van der Waals surface area contributed by atoms with Crippen LogP contribution in [0, 0.1) is 0 Å². The third kappa shape index (κ3) is 3.73. The first-order chi connectivity index (χ1) is 13.8. The predicted octanol–water partition coefficient (Wildman–Crippen LogP) is 3.30. The third-order valence-corrected chi connectivity index (χ3v) is 4.84. The number of fused-ring (bicyclic) bond motifs is 1. The van der Waals surface area contributed by atoms with Crippen molar-refractivity contribution in [2.45, 2.75) is 32.5 Å². The zero-order chi connectivity index (χ0) is 21.3. The molecule has 0 saturated heterocycles. The van der Waals surface area contributed by atoms with Gasteiger partial charge in [0.1, 0.15) is 22.8 Å². The van der Waals surface area contributed by atoms with Gasteiger partial charge in [-0.2, -0.15) is 0 Å². The number of ether oxygens (including phenoxy) is 3. The Balaban J connectivity index is 2.16. The monoisotopic (exact) mass is 400 g/mol. The van der Waals surface area contributed by atoms with Crippen LogP contribution in [0.1, 0.15) is 41.4 Å². The number of phenols is 2. The molecule has 7 heteroatoms. The molecule has 154 valence electrons. The molecule has 1 aliphatic rings. The second-order valence-electron chi connectivity index (χ2n) is 7.05. The van der Waals surface area contributed by atoms with Crippen LogP contribution in [-0.2, 0) is 6.42 Å². The number of Topliss-reactive ketones (excluding diaryl/α,β-unsaturated/α-hetero) is 1. The van der Waals surface area contributed by atoms with E-state index < -0.39 is 18.0 Å². The van der Waals surface area contributed by atoms with Gasteiger partial charge in [0.15, 0.2) is 23.7 Å². The highest BCUT2D eigenvalue weighted by Crippen LogP contribution is 2.46. The molecule has 3 rings (SSSR count). The number of benzene rings is 2. The van der Waals surface area contributed by atoms with Crippen molar-refractivity contribution in [1.29, 1.82) is 0 Å². The minimum Gasteiger partial charge on any atom is -0.507 e. The number of aromatic hydroxyl groups is 2. The van der Waals surface area contributed by atoms with Crippen LogP contribution in [0.15, 0.2) is 35.9 Å². The fourth-order valence-corrected chi connectivity index (χ4v) is 3.31. The van der Waals surface area contributed by atoms with Gasteiger partial charge in [-0.15, -0.1) is 0 Å². The van der Waals surface area contributed by atoms with Crippen LogP contribution in [-0.4, -0.2) is 41.4 Å². The number of phenolic OH excluding ortho intramolecular Hbond substituents is 2. The Labute approximate surface area is 168 Å². The first kappa shape index (κ1) is 20.5. The number of carbonyl (C=O) groups excluding carboxylic acids is 1. The van der Waals surface area contributed by atoms with Crippen LogP contribution in [0.5, 0.6) is 28.7 Å². The van der Waals surface area contributed by atoms with Crippen molar-refractivity contribution in [1.82, 2.24) is 0 Å². The summed E-state index contributed by atoms with van der Waals surface area (Å²) in [6, 6.07) is 5.79. The molecule has 0 bridgehead atoms. The Morgan fingerprint density at radius 1 is 1.10 bits per heavy atom. The fraction of sp³-hybridized carbons (Fsp3) is 0.318. The standard InChI is InChI=1S/C22H24O7/c1-11(2)5-7-13-16(27-3)10-15(24)18-19(25)20(26)21(29-22(13)18)12-6-8-14(23)17(9-12)28-4/h5-6,8-10,20-21,23-24,26H,7H2,1-4H3. The molecular formula is C22H24O7. The number of allylic oxidation sites excluding steroid dienone is 2. The lowest BCUT2D eigenvalue weighted by molar-refractivity contribution is 0.0205. The van der Waals surface area contributed by atoms with Crippen LogP contribution in [0.2, 0.25) is 0 Å². The van der Waals surface area contributed by atoms with Crippen molar-refractivity contribution in [2.75, 3.05) is 14.2 Å². The van der Waals surface area contributed by atoms with Gasteiger partial charge in [0, 0.05) is 11.6 Å². The Kier molecular flexibility index (Phi) is 5.70. The molecule has 0 spiro atoms. The van der Waals surface area contributed by atoms with E-state index in [-0.39, 0.29) is 28.6 Å².